The van der Waals surface area contributed by atoms with Gasteiger partial charge in [0.25, 0.3) is 0 Å². The highest BCUT2D eigenvalue weighted by atomic mass is 16.5. The highest BCUT2D eigenvalue weighted by Crippen LogP contribution is 2.13. The van der Waals surface area contributed by atoms with E-state index in [4.69, 9.17) is 4.74 Å². The molecule has 0 atom stereocenters. The standard InChI is InChI=1S/C24H44N2O2/c1-3-4-5-6-7-8-9-10-11-12-13-14-15-16-17-18-21-28-24(27)22-23-25-19-20-26(23)2/h19-20H,3-18,21-22H2,1-2H3. The Kier molecular flexibility index (Phi) is 15.7. The maximum Gasteiger partial charge on any atom is 0.313 e. The molecule has 0 aliphatic heterocycles. The van der Waals surface area contributed by atoms with E-state index in [1.165, 1.54) is 89.9 Å². The molecular formula is C24H44N2O2. The molecule has 0 saturated heterocycles. The predicted molar refractivity (Wildman–Crippen MR) is 117 cm³/mol. The summed E-state index contributed by atoms with van der Waals surface area (Å²) in [7, 11) is 1.89. The molecule has 0 unspecified atom stereocenters. The number of aromatic nitrogens is 2. The molecule has 0 radical (unpaired) electrons. The van der Waals surface area contributed by atoms with Gasteiger partial charge in [0.1, 0.15) is 12.2 Å². The van der Waals surface area contributed by atoms with Crippen LogP contribution in [-0.4, -0.2) is 22.1 Å². The lowest BCUT2D eigenvalue weighted by molar-refractivity contribution is -0.143. The molecule has 1 aromatic heterocycles. The van der Waals surface area contributed by atoms with Gasteiger partial charge in [-0.25, -0.2) is 4.98 Å². The Bertz CT molecular complexity index is 485. The van der Waals surface area contributed by atoms with Crippen molar-refractivity contribution in [3.8, 4) is 0 Å². The van der Waals surface area contributed by atoms with Gasteiger partial charge in [-0.05, 0) is 6.42 Å². The molecule has 28 heavy (non-hydrogen) atoms. The summed E-state index contributed by atoms with van der Waals surface area (Å²) < 4.78 is 7.15. The molecule has 0 N–H and O–H groups in total. The summed E-state index contributed by atoms with van der Waals surface area (Å²) >= 11 is 0. The van der Waals surface area contributed by atoms with Crippen molar-refractivity contribution in [1.82, 2.24) is 9.55 Å². The van der Waals surface area contributed by atoms with E-state index >= 15 is 0 Å². The second kappa shape index (κ2) is 17.8. The molecule has 1 rings (SSSR count). The number of esters is 1. The first kappa shape index (κ1) is 24.7. The van der Waals surface area contributed by atoms with E-state index < -0.39 is 0 Å². The molecule has 4 heteroatoms. The van der Waals surface area contributed by atoms with E-state index in [2.05, 4.69) is 11.9 Å². The highest BCUT2D eigenvalue weighted by Gasteiger charge is 2.08. The van der Waals surface area contributed by atoms with E-state index in [0.29, 0.717) is 6.61 Å². The zero-order chi connectivity index (χ0) is 20.3. The first-order valence-corrected chi connectivity index (χ1v) is 11.9. The number of ether oxygens (including phenoxy) is 1. The number of rotatable bonds is 19. The quantitative estimate of drug-likeness (QED) is 0.193. The maximum absolute atomic E-state index is 11.7. The van der Waals surface area contributed by atoms with Crippen LogP contribution >= 0.6 is 0 Å². The van der Waals surface area contributed by atoms with Crippen molar-refractivity contribution in [2.45, 2.75) is 116 Å². The Morgan fingerprint density at radius 1 is 0.821 bits per heavy atom. The molecule has 0 aliphatic carbocycles. The van der Waals surface area contributed by atoms with E-state index in [0.717, 1.165) is 18.7 Å². The lowest BCUT2D eigenvalue weighted by Gasteiger charge is -2.05. The third-order valence-electron chi connectivity index (χ3n) is 5.48. The van der Waals surface area contributed by atoms with Gasteiger partial charge in [-0.1, -0.05) is 103 Å². The molecular weight excluding hydrogens is 348 g/mol. The van der Waals surface area contributed by atoms with Crippen molar-refractivity contribution in [2.75, 3.05) is 6.61 Å². The number of hydrogen-bond donors (Lipinski definition) is 0. The minimum atomic E-state index is -0.171. The molecule has 1 heterocycles. The lowest BCUT2D eigenvalue weighted by Crippen LogP contribution is -2.12. The van der Waals surface area contributed by atoms with Gasteiger partial charge in [0, 0.05) is 19.4 Å². The molecule has 1 aromatic rings. The third-order valence-corrected chi connectivity index (χ3v) is 5.48. The minimum absolute atomic E-state index is 0.171. The zero-order valence-corrected chi connectivity index (χ0v) is 18.6. The second-order valence-electron chi connectivity index (χ2n) is 8.15. The van der Waals surface area contributed by atoms with E-state index in [-0.39, 0.29) is 12.4 Å². The van der Waals surface area contributed by atoms with Crippen molar-refractivity contribution >= 4 is 5.97 Å². The smallest absolute Gasteiger partial charge is 0.313 e. The Hall–Kier alpha value is -1.32. The topological polar surface area (TPSA) is 44.1 Å². The van der Waals surface area contributed by atoms with Crippen molar-refractivity contribution in [1.29, 1.82) is 0 Å². The van der Waals surface area contributed by atoms with Crippen LogP contribution in [0.4, 0.5) is 0 Å². The summed E-state index contributed by atoms with van der Waals surface area (Å²) in [5, 5.41) is 0. The monoisotopic (exact) mass is 392 g/mol. The number of imidazole rings is 1. The molecule has 0 aliphatic rings. The molecule has 0 bridgehead atoms. The van der Waals surface area contributed by atoms with Gasteiger partial charge in [-0.3, -0.25) is 4.79 Å². The summed E-state index contributed by atoms with van der Waals surface area (Å²) in [5.41, 5.74) is 0. The SMILES string of the molecule is CCCCCCCCCCCCCCCCCCOC(=O)Cc1nccn1C. The summed E-state index contributed by atoms with van der Waals surface area (Å²) in [4.78, 5) is 15.9. The number of aryl methyl sites for hydroxylation is 1. The van der Waals surface area contributed by atoms with Crippen LogP contribution in [0.15, 0.2) is 12.4 Å². The summed E-state index contributed by atoms with van der Waals surface area (Å²) in [6.45, 7) is 2.82. The second-order valence-corrected chi connectivity index (χ2v) is 8.15. The van der Waals surface area contributed by atoms with Crippen LogP contribution in [0.1, 0.15) is 115 Å². The molecule has 0 fully saturated rings. The van der Waals surface area contributed by atoms with Gasteiger partial charge in [0.2, 0.25) is 0 Å². The van der Waals surface area contributed by atoms with E-state index in [9.17, 15) is 4.79 Å². The van der Waals surface area contributed by atoms with Gasteiger partial charge < -0.3 is 9.30 Å². The minimum Gasteiger partial charge on any atom is -0.465 e. The van der Waals surface area contributed by atoms with Crippen molar-refractivity contribution in [3.63, 3.8) is 0 Å². The maximum atomic E-state index is 11.7. The Morgan fingerprint density at radius 3 is 1.71 bits per heavy atom. The Balaban J connectivity index is 1.75. The van der Waals surface area contributed by atoms with Gasteiger partial charge in [0.05, 0.1) is 6.61 Å². The van der Waals surface area contributed by atoms with Gasteiger partial charge in [-0.2, -0.15) is 0 Å². The van der Waals surface area contributed by atoms with Crippen molar-refractivity contribution < 1.29 is 9.53 Å². The number of carbonyl (C=O) groups is 1. The summed E-state index contributed by atoms with van der Waals surface area (Å²) in [6.07, 6.45) is 25.5. The average Bonchev–Trinajstić information content (AvgIpc) is 3.08. The van der Waals surface area contributed by atoms with Gasteiger partial charge >= 0.3 is 5.97 Å². The first-order valence-electron chi connectivity index (χ1n) is 11.9. The number of nitrogens with zero attached hydrogens (tertiary/aromatic N) is 2. The van der Waals surface area contributed by atoms with Crippen molar-refractivity contribution in [3.05, 3.63) is 18.2 Å². The van der Waals surface area contributed by atoms with Crippen molar-refractivity contribution in [2.24, 2.45) is 7.05 Å². The molecule has 0 aromatic carbocycles. The van der Waals surface area contributed by atoms with E-state index in [1.54, 1.807) is 6.20 Å². The van der Waals surface area contributed by atoms with Crippen LogP contribution in [0.3, 0.4) is 0 Å². The third kappa shape index (κ3) is 13.8. The first-order chi connectivity index (χ1) is 13.7. The highest BCUT2D eigenvalue weighted by molar-refractivity contribution is 5.71. The zero-order valence-electron chi connectivity index (χ0n) is 18.6. The number of hydrogen-bond acceptors (Lipinski definition) is 3. The number of unbranched alkanes of at least 4 members (excludes halogenated alkanes) is 15. The fourth-order valence-electron chi connectivity index (χ4n) is 3.58. The largest absolute Gasteiger partial charge is 0.465 e. The summed E-state index contributed by atoms with van der Waals surface area (Å²) in [6, 6.07) is 0. The average molecular weight is 393 g/mol. The van der Waals surface area contributed by atoms with Crippen LogP contribution in [0.5, 0.6) is 0 Å². The van der Waals surface area contributed by atoms with E-state index in [1.807, 2.05) is 17.8 Å². The van der Waals surface area contributed by atoms with Gasteiger partial charge in [-0.15, -0.1) is 0 Å². The normalized spacial score (nSPS) is 11.1. The van der Waals surface area contributed by atoms with Gasteiger partial charge in [0.15, 0.2) is 0 Å². The van der Waals surface area contributed by atoms with Crippen LogP contribution in [0.2, 0.25) is 0 Å². The predicted octanol–water partition coefficient (Wildman–Crippen LogP) is 6.77. The molecule has 0 spiro atoms. The lowest BCUT2D eigenvalue weighted by atomic mass is 10.0. The molecule has 0 saturated carbocycles. The van der Waals surface area contributed by atoms with Crippen LogP contribution in [0.25, 0.3) is 0 Å². The fraction of sp³-hybridized carbons (Fsp3) is 0.833. The Labute approximate surface area is 173 Å². The summed E-state index contributed by atoms with van der Waals surface area (Å²) in [5.74, 6) is 0.590. The molecule has 162 valence electrons. The number of carbonyl (C=O) groups excluding carboxylic acids is 1. The Morgan fingerprint density at radius 2 is 1.29 bits per heavy atom. The van der Waals surface area contributed by atoms with Crippen LogP contribution < -0.4 is 0 Å². The molecule has 4 nitrogen and oxygen atoms in total. The fourth-order valence-corrected chi connectivity index (χ4v) is 3.58. The van der Waals surface area contributed by atoms with Crippen LogP contribution in [0, 0.1) is 0 Å². The molecule has 0 amide bonds. The van der Waals surface area contributed by atoms with Crippen LogP contribution in [-0.2, 0) is 23.0 Å².